The summed E-state index contributed by atoms with van der Waals surface area (Å²) in [6.07, 6.45) is 0.579. The molecule has 1 aliphatic heterocycles. The van der Waals surface area contributed by atoms with Gasteiger partial charge < -0.3 is 9.64 Å². The Morgan fingerprint density at radius 2 is 2.00 bits per heavy atom. The Bertz CT molecular complexity index is 1050. The summed E-state index contributed by atoms with van der Waals surface area (Å²) in [6.45, 7) is 3.75. The number of benzene rings is 2. The number of ether oxygens (including phenoxy) is 1. The number of amides is 1. The fourth-order valence-corrected chi connectivity index (χ4v) is 5.11. The number of nitrogens with one attached hydrogen (secondary N) is 1. The van der Waals surface area contributed by atoms with Gasteiger partial charge in [0.2, 0.25) is 5.91 Å². The standard InChI is InChI=1S/C19H19BrN2O5S/c1-3-27-19(24)14-5-4-6-16(10-14)21-28(25,26)17-11-15(20)9-13-7-8-22(12(2)23)18(13)17/h4-6,9-11,21H,3,7-8H2,1-2H3. The van der Waals surface area contributed by atoms with Crippen molar-refractivity contribution in [2.45, 2.75) is 25.2 Å². The first-order valence-electron chi connectivity index (χ1n) is 8.63. The number of anilines is 2. The Morgan fingerprint density at radius 1 is 1.25 bits per heavy atom. The minimum Gasteiger partial charge on any atom is -0.462 e. The quantitative estimate of drug-likeness (QED) is 0.682. The summed E-state index contributed by atoms with van der Waals surface area (Å²) >= 11 is 3.34. The summed E-state index contributed by atoms with van der Waals surface area (Å²) in [4.78, 5) is 25.3. The maximum absolute atomic E-state index is 13.1. The van der Waals surface area contributed by atoms with Crippen LogP contribution in [0.4, 0.5) is 11.4 Å². The highest BCUT2D eigenvalue weighted by Gasteiger charge is 2.31. The molecule has 2 aromatic carbocycles. The van der Waals surface area contributed by atoms with Crippen molar-refractivity contribution >= 4 is 49.2 Å². The van der Waals surface area contributed by atoms with Crippen LogP contribution in [0.1, 0.15) is 29.8 Å². The second-order valence-corrected chi connectivity index (χ2v) is 8.81. The third kappa shape index (κ3) is 4.05. The highest BCUT2D eigenvalue weighted by atomic mass is 79.9. The van der Waals surface area contributed by atoms with Crippen LogP contribution in [0.5, 0.6) is 0 Å². The number of hydrogen-bond donors (Lipinski definition) is 1. The molecule has 7 nitrogen and oxygen atoms in total. The molecule has 1 aliphatic rings. The first-order chi connectivity index (χ1) is 13.2. The smallest absolute Gasteiger partial charge is 0.338 e. The summed E-state index contributed by atoms with van der Waals surface area (Å²) in [7, 11) is -4.01. The summed E-state index contributed by atoms with van der Waals surface area (Å²) in [5.74, 6) is -0.753. The van der Waals surface area contributed by atoms with Crippen LogP contribution in [0.25, 0.3) is 0 Å². The molecule has 0 fully saturated rings. The first kappa shape index (κ1) is 20.3. The maximum Gasteiger partial charge on any atom is 0.338 e. The second kappa shape index (κ2) is 7.92. The van der Waals surface area contributed by atoms with Gasteiger partial charge in [0.25, 0.3) is 10.0 Å². The molecule has 0 saturated heterocycles. The van der Waals surface area contributed by atoms with Gasteiger partial charge in [-0.2, -0.15) is 0 Å². The Morgan fingerprint density at radius 3 is 2.68 bits per heavy atom. The van der Waals surface area contributed by atoms with Gasteiger partial charge in [-0.15, -0.1) is 0 Å². The number of nitrogens with zero attached hydrogens (tertiary/aromatic N) is 1. The van der Waals surface area contributed by atoms with Crippen molar-refractivity contribution in [2.24, 2.45) is 0 Å². The zero-order valence-electron chi connectivity index (χ0n) is 15.4. The SMILES string of the molecule is CCOC(=O)c1cccc(NS(=O)(=O)c2cc(Br)cc3c2N(C(C)=O)CC3)c1. The van der Waals surface area contributed by atoms with E-state index < -0.39 is 16.0 Å². The molecule has 0 unspecified atom stereocenters. The summed E-state index contributed by atoms with van der Waals surface area (Å²) in [5.41, 5.74) is 1.65. The topological polar surface area (TPSA) is 92.8 Å². The van der Waals surface area contributed by atoms with Crippen molar-refractivity contribution < 1.29 is 22.7 Å². The largest absolute Gasteiger partial charge is 0.462 e. The molecule has 2 aromatic rings. The van der Waals surface area contributed by atoms with E-state index in [9.17, 15) is 18.0 Å². The van der Waals surface area contributed by atoms with Crippen LogP contribution in [-0.2, 0) is 26.0 Å². The number of fused-ring (bicyclic) bond motifs is 1. The van der Waals surface area contributed by atoms with Crippen molar-refractivity contribution in [3.05, 3.63) is 52.0 Å². The number of carbonyl (C=O) groups is 2. The molecule has 0 atom stereocenters. The molecule has 0 radical (unpaired) electrons. The van der Waals surface area contributed by atoms with E-state index in [2.05, 4.69) is 20.7 Å². The fourth-order valence-electron chi connectivity index (χ4n) is 3.12. The van der Waals surface area contributed by atoms with E-state index in [0.717, 1.165) is 5.56 Å². The van der Waals surface area contributed by atoms with Gasteiger partial charge in [-0.25, -0.2) is 13.2 Å². The molecule has 0 aromatic heterocycles. The van der Waals surface area contributed by atoms with Crippen molar-refractivity contribution in [3.8, 4) is 0 Å². The van der Waals surface area contributed by atoms with Crippen molar-refractivity contribution in [1.82, 2.24) is 0 Å². The third-order valence-electron chi connectivity index (χ3n) is 4.29. The van der Waals surface area contributed by atoms with Crippen LogP contribution in [0.15, 0.2) is 45.8 Å². The van der Waals surface area contributed by atoms with Gasteiger partial charge in [0.15, 0.2) is 0 Å². The lowest BCUT2D eigenvalue weighted by Crippen LogP contribution is -2.28. The average molecular weight is 467 g/mol. The molecular weight excluding hydrogens is 448 g/mol. The van der Waals surface area contributed by atoms with Gasteiger partial charge in [0, 0.05) is 23.6 Å². The highest BCUT2D eigenvalue weighted by molar-refractivity contribution is 9.10. The Balaban J connectivity index is 2.00. The lowest BCUT2D eigenvalue weighted by molar-refractivity contribution is -0.116. The Labute approximate surface area is 171 Å². The van der Waals surface area contributed by atoms with Crippen molar-refractivity contribution in [3.63, 3.8) is 0 Å². The number of carbonyl (C=O) groups excluding carboxylic acids is 2. The van der Waals surface area contributed by atoms with Gasteiger partial charge in [0.1, 0.15) is 4.90 Å². The van der Waals surface area contributed by atoms with Crippen LogP contribution in [-0.4, -0.2) is 33.4 Å². The van der Waals surface area contributed by atoms with E-state index in [1.165, 1.54) is 24.0 Å². The predicted molar refractivity (Wildman–Crippen MR) is 109 cm³/mol. The lowest BCUT2D eigenvalue weighted by atomic mass is 10.2. The molecule has 9 heteroatoms. The molecular formula is C19H19BrN2O5S. The maximum atomic E-state index is 13.1. The van der Waals surface area contributed by atoms with E-state index in [-0.39, 0.29) is 28.7 Å². The monoisotopic (exact) mass is 466 g/mol. The van der Waals surface area contributed by atoms with Gasteiger partial charge >= 0.3 is 5.97 Å². The average Bonchev–Trinajstić information content (AvgIpc) is 3.05. The molecule has 0 saturated carbocycles. The number of sulfonamides is 1. The predicted octanol–water partition coefficient (Wildman–Crippen LogP) is 3.34. The Kier molecular flexibility index (Phi) is 5.76. The minimum atomic E-state index is -4.01. The zero-order valence-corrected chi connectivity index (χ0v) is 17.8. The molecule has 28 heavy (non-hydrogen) atoms. The second-order valence-electron chi connectivity index (χ2n) is 6.24. The van der Waals surface area contributed by atoms with Gasteiger partial charge in [-0.3, -0.25) is 9.52 Å². The van der Waals surface area contributed by atoms with Crippen molar-refractivity contribution in [2.75, 3.05) is 22.8 Å². The van der Waals surface area contributed by atoms with Gasteiger partial charge in [0.05, 0.1) is 17.9 Å². The van der Waals surface area contributed by atoms with E-state index in [4.69, 9.17) is 4.74 Å². The van der Waals surface area contributed by atoms with Crippen LogP contribution in [0.3, 0.4) is 0 Å². The van der Waals surface area contributed by atoms with Crippen LogP contribution in [0.2, 0.25) is 0 Å². The number of hydrogen-bond acceptors (Lipinski definition) is 5. The molecule has 3 rings (SSSR count). The highest BCUT2D eigenvalue weighted by Crippen LogP contribution is 2.38. The molecule has 0 spiro atoms. The number of halogens is 1. The Hall–Kier alpha value is -2.39. The number of esters is 1. The van der Waals surface area contributed by atoms with E-state index in [1.807, 2.05) is 6.07 Å². The molecule has 0 bridgehead atoms. The molecule has 1 N–H and O–H groups in total. The summed E-state index contributed by atoms with van der Waals surface area (Å²) < 4.78 is 34.3. The van der Waals surface area contributed by atoms with E-state index in [0.29, 0.717) is 23.1 Å². The minimum absolute atomic E-state index is 0.00566. The van der Waals surface area contributed by atoms with Crippen LogP contribution < -0.4 is 9.62 Å². The van der Waals surface area contributed by atoms with Crippen LogP contribution in [0, 0.1) is 0 Å². The summed E-state index contributed by atoms with van der Waals surface area (Å²) in [6, 6.07) is 9.36. The molecule has 148 valence electrons. The fraction of sp³-hybridized carbons (Fsp3) is 0.263. The van der Waals surface area contributed by atoms with Crippen molar-refractivity contribution in [1.29, 1.82) is 0 Å². The molecule has 1 heterocycles. The zero-order chi connectivity index (χ0) is 20.5. The van der Waals surface area contributed by atoms with E-state index >= 15 is 0 Å². The van der Waals surface area contributed by atoms with E-state index in [1.54, 1.807) is 25.1 Å². The lowest BCUT2D eigenvalue weighted by Gasteiger charge is -2.19. The van der Waals surface area contributed by atoms with Gasteiger partial charge in [-0.05, 0) is 49.2 Å². The number of rotatable bonds is 5. The third-order valence-corrected chi connectivity index (χ3v) is 6.14. The van der Waals surface area contributed by atoms with Gasteiger partial charge in [-0.1, -0.05) is 22.0 Å². The first-order valence-corrected chi connectivity index (χ1v) is 10.9. The summed E-state index contributed by atoms with van der Waals surface area (Å²) in [5, 5.41) is 0. The normalized spacial score (nSPS) is 13.2. The van der Waals surface area contributed by atoms with Crippen LogP contribution >= 0.6 is 15.9 Å². The molecule has 1 amide bonds. The molecule has 0 aliphatic carbocycles.